The number of aromatic nitrogens is 2. The van der Waals surface area contributed by atoms with E-state index < -0.39 is 0 Å². The van der Waals surface area contributed by atoms with Gasteiger partial charge in [-0.15, -0.1) is 0 Å². The van der Waals surface area contributed by atoms with Crippen molar-refractivity contribution >= 4 is 5.82 Å². The molecule has 1 saturated heterocycles. The Balaban J connectivity index is 2.09. The summed E-state index contributed by atoms with van der Waals surface area (Å²) < 4.78 is 0. The molecule has 1 fully saturated rings. The molecule has 4 nitrogen and oxygen atoms in total. The molecule has 0 spiro atoms. The molecule has 0 bridgehead atoms. The molecule has 0 aliphatic carbocycles. The molecule has 1 aromatic rings. The maximum absolute atomic E-state index is 4.41. The summed E-state index contributed by atoms with van der Waals surface area (Å²) in [6, 6.07) is 2.58. The molecule has 1 N–H and O–H groups in total. The fourth-order valence-corrected chi connectivity index (χ4v) is 1.82. The number of hydrogen-bond donors (Lipinski definition) is 1. The monoisotopic (exact) mass is 192 g/mol. The van der Waals surface area contributed by atoms with Crippen LogP contribution in [-0.4, -0.2) is 36.1 Å². The molecular formula is C10H16N4. The van der Waals surface area contributed by atoms with Crippen molar-refractivity contribution in [1.29, 1.82) is 0 Å². The van der Waals surface area contributed by atoms with Crippen molar-refractivity contribution in [3.05, 3.63) is 18.1 Å². The van der Waals surface area contributed by atoms with Gasteiger partial charge in [0.1, 0.15) is 11.6 Å². The number of aryl methyl sites for hydroxylation is 1. The van der Waals surface area contributed by atoms with Crippen LogP contribution in [0.4, 0.5) is 5.82 Å². The Morgan fingerprint density at radius 3 is 3.07 bits per heavy atom. The van der Waals surface area contributed by atoms with Crippen LogP contribution in [0.5, 0.6) is 0 Å². The topological polar surface area (TPSA) is 41.0 Å². The van der Waals surface area contributed by atoms with Gasteiger partial charge in [-0.05, 0) is 26.5 Å². The second-order valence-corrected chi connectivity index (χ2v) is 3.68. The molecule has 1 aliphatic rings. The maximum Gasteiger partial charge on any atom is 0.132 e. The van der Waals surface area contributed by atoms with Gasteiger partial charge in [-0.3, -0.25) is 0 Å². The van der Waals surface area contributed by atoms with Gasteiger partial charge in [-0.2, -0.15) is 0 Å². The first-order valence-corrected chi connectivity index (χ1v) is 5.01. The molecule has 0 saturated carbocycles. The SMILES string of the molecule is CN[C@@H]1CCN(c2ccnc(C)n2)C1. The van der Waals surface area contributed by atoms with Gasteiger partial charge >= 0.3 is 0 Å². The van der Waals surface area contributed by atoms with Crippen LogP contribution in [-0.2, 0) is 0 Å². The van der Waals surface area contributed by atoms with Crippen LogP contribution in [0, 0.1) is 6.92 Å². The fraction of sp³-hybridized carbons (Fsp3) is 0.600. The Hall–Kier alpha value is -1.16. The van der Waals surface area contributed by atoms with Crippen LogP contribution in [0.2, 0.25) is 0 Å². The quantitative estimate of drug-likeness (QED) is 0.744. The third-order valence-electron chi connectivity index (χ3n) is 2.68. The highest BCUT2D eigenvalue weighted by atomic mass is 15.2. The van der Waals surface area contributed by atoms with Gasteiger partial charge < -0.3 is 10.2 Å². The van der Waals surface area contributed by atoms with Gasteiger partial charge in [0.15, 0.2) is 0 Å². The van der Waals surface area contributed by atoms with Crippen LogP contribution in [0.15, 0.2) is 12.3 Å². The van der Waals surface area contributed by atoms with Crippen LogP contribution in [0.25, 0.3) is 0 Å². The summed E-state index contributed by atoms with van der Waals surface area (Å²) in [4.78, 5) is 10.8. The van der Waals surface area contributed by atoms with Gasteiger partial charge in [-0.1, -0.05) is 0 Å². The highest BCUT2D eigenvalue weighted by Gasteiger charge is 2.21. The fourth-order valence-electron chi connectivity index (χ4n) is 1.82. The predicted molar refractivity (Wildman–Crippen MR) is 56.4 cm³/mol. The van der Waals surface area contributed by atoms with E-state index in [9.17, 15) is 0 Å². The Morgan fingerprint density at radius 2 is 2.43 bits per heavy atom. The molecule has 2 heterocycles. The van der Waals surface area contributed by atoms with E-state index in [4.69, 9.17) is 0 Å². The first kappa shape index (κ1) is 9.40. The van der Waals surface area contributed by atoms with Crippen molar-refractivity contribution in [3.63, 3.8) is 0 Å². The van der Waals surface area contributed by atoms with E-state index in [1.807, 2.05) is 26.2 Å². The predicted octanol–water partition coefficient (Wildman–Crippen LogP) is 0.583. The average molecular weight is 192 g/mol. The van der Waals surface area contributed by atoms with E-state index >= 15 is 0 Å². The minimum absolute atomic E-state index is 0.602. The molecule has 14 heavy (non-hydrogen) atoms. The molecule has 76 valence electrons. The molecule has 0 aromatic carbocycles. The number of nitrogens with one attached hydrogen (secondary N) is 1. The minimum Gasteiger partial charge on any atom is -0.355 e. The maximum atomic E-state index is 4.41. The number of rotatable bonds is 2. The van der Waals surface area contributed by atoms with Gasteiger partial charge in [0.25, 0.3) is 0 Å². The molecular weight excluding hydrogens is 176 g/mol. The average Bonchev–Trinajstić information content (AvgIpc) is 2.66. The summed E-state index contributed by atoms with van der Waals surface area (Å²) in [7, 11) is 2.01. The first-order valence-electron chi connectivity index (χ1n) is 5.01. The molecule has 2 rings (SSSR count). The number of hydrogen-bond acceptors (Lipinski definition) is 4. The zero-order valence-corrected chi connectivity index (χ0v) is 8.70. The molecule has 0 unspecified atom stereocenters. The Bertz CT molecular complexity index is 313. The largest absolute Gasteiger partial charge is 0.355 e. The van der Waals surface area contributed by atoms with Gasteiger partial charge in [0, 0.05) is 25.3 Å². The van der Waals surface area contributed by atoms with Crippen molar-refractivity contribution in [3.8, 4) is 0 Å². The summed E-state index contributed by atoms with van der Waals surface area (Å²) in [5, 5.41) is 3.29. The van der Waals surface area contributed by atoms with Crippen LogP contribution >= 0.6 is 0 Å². The van der Waals surface area contributed by atoms with Crippen molar-refractivity contribution in [2.24, 2.45) is 0 Å². The number of anilines is 1. The van der Waals surface area contributed by atoms with E-state index in [-0.39, 0.29) is 0 Å². The van der Waals surface area contributed by atoms with E-state index in [0.29, 0.717) is 6.04 Å². The van der Waals surface area contributed by atoms with E-state index in [2.05, 4.69) is 20.2 Å². The Morgan fingerprint density at radius 1 is 1.57 bits per heavy atom. The summed E-state index contributed by atoms with van der Waals surface area (Å²) in [5.41, 5.74) is 0. The molecule has 4 heteroatoms. The standard InChI is InChI=1S/C10H16N4/c1-8-12-5-3-10(13-8)14-6-4-9(7-14)11-2/h3,5,9,11H,4,6-7H2,1-2H3/t9-/m1/s1. The normalized spacial score (nSPS) is 21.6. The van der Waals surface area contributed by atoms with Gasteiger partial charge in [0.2, 0.25) is 0 Å². The lowest BCUT2D eigenvalue weighted by atomic mass is 10.3. The lowest BCUT2D eigenvalue weighted by molar-refractivity contribution is 0.616. The third kappa shape index (κ3) is 1.85. The highest BCUT2D eigenvalue weighted by Crippen LogP contribution is 2.17. The summed E-state index contributed by atoms with van der Waals surface area (Å²) in [6.07, 6.45) is 3.02. The van der Waals surface area contributed by atoms with Crippen molar-refractivity contribution in [2.45, 2.75) is 19.4 Å². The van der Waals surface area contributed by atoms with E-state index in [1.165, 1.54) is 6.42 Å². The summed E-state index contributed by atoms with van der Waals surface area (Å²) in [5.74, 6) is 1.89. The zero-order valence-electron chi connectivity index (χ0n) is 8.70. The molecule has 1 aromatic heterocycles. The summed E-state index contributed by atoms with van der Waals surface area (Å²) in [6.45, 7) is 4.06. The van der Waals surface area contributed by atoms with E-state index in [1.54, 1.807) is 0 Å². The van der Waals surface area contributed by atoms with E-state index in [0.717, 1.165) is 24.7 Å². The second-order valence-electron chi connectivity index (χ2n) is 3.68. The Kier molecular flexibility index (Phi) is 2.63. The zero-order chi connectivity index (χ0) is 9.97. The van der Waals surface area contributed by atoms with Gasteiger partial charge in [0.05, 0.1) is 0 Å². The van der Waals surface area contributed by atoms with Crippen molar-refractivity contribution in [1.82, 2.24) is 15.3 Å². The van der Waals surface area contributed by atoms with Crippen molar-refractivity contribution < 1.29 is 0 Å². The first-order chi connectivity index (χ1) is 6.79. The summed E-state index contributed by atoms with van der Waals surface area (Å²) >= 11 is 0. The lowest BCUT2D eigenvalue weighted by Gasteiger charge is -2.17. The van der Waals surface area contributed by atoms with Crippen molar-refractivity contribution in [2.75, 3.05) is 25.0 Å². The molecule has 0 amide bonds. The minimum atomic E-state index is 0.602. The van der Waals surface area contributed by atoms with Gasteiger partial charge in [-0.25, -0.2) is 9.97 Å². The second kappa shape index (κ2) is 3.92. The smallest absolute Gasteiger partial charge is 0.132 e. The number of likely N-dealkylation sites (N-methyl/N-ethyl adjacent to an activating group) is 1. The molecule has 1 aliphatic heterocycles. The third-order valence-corrected chi connectivity index (χ3v) is 2.68. The van der Waals surface area contributed by atoms with Crippen LogP contribution in [0.3, 0.4) is 0 Å². The lowest BCUT2D eigenvalue weighted by Crippen LogP contribution is -2.29. The Labute approximate surface area is 84.4 Å². The number of nitrogens with zero attached hydrogens (tertiary/aromatic N) is 3. The van der Waals surface area contributed by atoms with Crippen LogP contribution in [0.1, 0.15) is 12.2 Å². The molecule has 0 radical (unpaired) electrons. The molecule has 1 atom stereocenters. The highest BCUT2D eigenvalue weighted by molar-refractivity contribution is 5.39. The van der Waals surface area contributed by atoms with Crippen LogP contribution < -0.4 is 10.2 Å².